The molecular weight excluding hydrogens is 276 g/mol. The van der Waals surface area contributed by atoms with Gasteiger partial charge in [0.2, 0.25) is 0 Å². The maximum atomic E-state index is 10.5. The van der Waals surface area contributed by atoms with Gasteiger partial charge in [0.05, 0.1) is 18.3 Å². The Morgan fingerprint density at radius 3 is 2.09 bits per heavy atom. The first-order chi connectivity index (χ1) is 10.4. The van der Waals surface area contributed by atoms with Crippen molar-refractivity contribution in [3.05, 3.63) is 0 Å². The number of fused-ring (bicyclic) bond motifs is 5. The molecule has 0 radical (unpaired) electrons. The molecule has 4 saturated carbocycles. The molecule has 22 heavy (non-hydrogen) atoms. The zero-order valence-corrected chi connectivity index (χ0v) is 14.0. The van der Waals surface area contributed by atoms with E-state index >= 15 is 0 Å². The van der Waals surface area contributed by atoms with Crippen molar-refractivity contribution in [1.29, 1.82) is 0 Å². The quantitative estimate of drug-likeness (QED) is 0.645. The van der Waals surface area contributed by atoms with Crippen molar-refractivity contribution >= 4 is 0 Å². The highest BCUT2D eigenvalue weighted by molar-refractivity contribution is 5.10. The first-order valence-corrected chi connectivity index (χ1v) is 9.42. The standard InChI is InChI=1S/C19H32O3/c1-18-10-8-15(20)17(22)14(18)4-3-11-12-5-6-16(21)19(12,2)9-7-13(11)18/h11-17,20-22H,3-10H2,1-2H3/t11-,12-,13-,14-,15-,16-,17-,18+,19-/m0/s1. The molecule has 0 saturated heterocycles. The van der Waals surface area contributed by atoms with E-state index in [2.05, 4.69) is 13.8 Å². The normalized spacial score (nSPS) is 61.2. The molecule has 126 valence electrons. The van der Waals surface area contributed by atoms with E-state index in [1.54, 1.807) is 0 Å². The summed E-state index contributed by atoms with van der Waals surface area (Å²) in [5, 5.41) is 31.1. The first kappa shape index (κ1) is 15.4. The van der Waals surface area contributed by atoms with Crippen LogP contribution in [0.3, 0.4) is 0 Å². The number of rotatable bonds is 0. The highest BCUT2D eigenvalue weighted by atomic mass is 16.3. The Morgan fingerprint density at radius 2 is 1.32 bits per heavy atom. The molecule has 3 nitrogen and oxygen atoms in total. The van der Waals surface area contributed by atoms with Gasteiger partial charge in [-0.1, -0.05) is 13.8 Å². The first-order valence-electron chi connectivity index (χ1n) is 9.42. The van der Waals surface area contributed by atoms with Crippen LogP contribution in [0.1, 0.15) is 65.2 Å². The summed E-state index contributed by atoms with van der Waals surface area (Å²) in [5.41, 5.74) is 0.327. The molecule has 3 heteroatoms. The van der Waals surface area contributed by atoms with Crippen molar-refractivity contribution in [2.45, 2.75) is 83.5 Å². The van der Waals surface area contributed by atoms with Gasteiger partial charge in [0.15, 0.2) is 0 Å². The largest absolute Gasteiger partial charge is 0.393 e. The molecule has 0 aromatic rings. The van der Waals surface area contributed by atoms with Crippen LogP contribution in [0.4, 0.5) is 0 Å². The predicted octanol–water partition coefficient (Wildman–Crippen LogP) is 2.72. The zero-order valence-electron chi connectivity index (χ0n) is 14.0. The van der Waals surface area contributed by atoms with Crippen molar-refractivity contribution in [1.82, 2.24) is 0 Å². The monoisotopic (exact) mass is 308 g/mol. The topological polar surface area (TPSA) is 60.7 Å². The summed E-state index contributed by atoms with van der Waals surface area (Å²) >= 11 is 0. The minimum absolute atomic E-state index is 0.109. The van der Waals surface area contributed by atoms with E-state index in [0.29, 0.717) is 11.8 Å². The molecule has 3 N–H and O–H groups in total. The van der Waals surface area contributed by atoms with E-state index in [4.69, 9.17) is 0 Å². The lowest BCUT2D eigenvalue weighted by Gasteiger charge is -2.61. The molecule has 0 heterocycles. The van der Waals surface area contributed by atoms with Gasteiger partial charge >= 0.3 is 0 Å². The van der Waals surface area contributed by atoms with E-state index in [1.165, 1.54) is 19.3 Å². The maximum Gasteiger partial charge on any atom is 0.0832 e. The van der Waals surface area contributed by atoms with E-state index in [1.807, 2.05) is 0 Å². The summed E-state index contributed by atoms with van der Waals surface area (Å²) in [7, 11) is 0. The smallest absolute Gasteiger partial charge is 0.0832 e. The highest BCUT2D eigenvalue weighted by Gasteiger charge is 2.61. The fraction of sp³-hybridized carbons (Fsp3) is 1.00. The average Bonchev–Trinajstić information content (AvgIpc) is 2.79. The molecule has 4 rings (SSSR count). The minimum Gasteiger partial charge on any atom is -0.393 e. The summed E-state index contributed by atoms with van der Waals surface area (Å²) in [5.74, 6) is 2.34. The number of hydrogen-bond donors (Lipinski definition) is 3. The molecule has 9 atom stereocenters. The summed E-state index contributed by atoms with van der Waals surface area (Å²) in [6, 6.07) is 0. The van der Waals surface area contributed by atoms with Crippen LogP contribution in [0.5, 0.6) is 0 Å². The van der Waals surface area contributed by atoms with Crippen LogP contribution in [0.25, 0.3) is 0 Å². The maximum absolute atomic E-state index is 10.5. The Hall–Kier alpha value is -0.120. The van der Waals surface area contributed by atoms with Gasteiger partial charge < -0.3 is 15.3 Å². The van der Waals surface area contributed by atoms with Gasteiger partial charge in [0, 0.05) is 0 Å². The lowest BCUT2D eigenvalue weighted by Crippen LogP contribution is -2.58. The third-order valence-electron chi connectivity index (χ3n) is 8.68. The lowest BCUT2D eigenvalue weighted by molar-refractivity contribution is -0.176. The van der Waals surface area contributed by atoms with Crippen LogP contribution in [0, 0.1) is 34.5 Å². The van der Waals surface area contributed by atoms with Gasteiger partial charge in [-0.25, -0.2) is 0 Å². The van der Waals surface area contributed by atoms with Gasteiger partial charge in [0.25, 0.3) is 0 Å². The number of aliphatic hydroxyl groups excluding tert-OH is 3. The van der Waals surface area contributed by atoms with Crippen LogP contribution in [-0.2, 0) is 0 Å². The number of aliphatic hydroxyl groups is 3. The van der Waals surface area contributed by atoms with Crippen molar-refractivity contribution in [2.24, 2.45) is 34.5 Å². The molecule has 4 aliphatic rings. The van der Waals surface area contributed by atoms with E-state index in [9.17, 15) is 15.3 Å². The SMILES string of the molecule is C[C@]12CC[C@H](O)[C@@H](O)[C@@H]1CC[C@@H]1[C@@H]2CC[C@]2(C)[C@@H](O)CC[C@@H]12. The Labute approximate surface area is 134 Å². The van der Waals surface area contributed by atoms with Crippen molar-refractivity contribution in [3.8, 4) is 0 Å². The Bertz CT molecular complexity index is 452. The molecule has 4 fully saturated rings. The van der Waals surface area contributed by atoms with Crippen molar-refractivity contribution in [3.63, 3.8) is 0 Å². The molecule has 0 aromatic carbocycles. The second-order valence-corrected chi connectivity index (χ2v) is 9.30. The summed E-state index contributed by atoms with van der Waals surface area (Å²) in [6.45, 7) is 4.71. The van der Waals surface area contributed by atoms with Crippen LogP contribution in [0.2, 0.25) is 0 Å². The zero-order chi connectivity index (χ0) is 15.7. The molecule has 0 bridgehead atoms. The Kier molecular flexibility index (Phi) is 3.46. The molecular formula is C19H32O3. The molecule has 0 aromatic heterocycles. The molecule has 0 unspecified atom stereocenters. The Balaban J connectivity index is 1.64. The molecule has 4 aliphatic carbocycles. The fourth-order valence-corrected chi connectivity index (χ4v) is 7.29. The third-order valence-corrected chi connectivity index (χ3v) is 8.68. The second-order valence-electron chi connectivity index (χ2n) is 9.30. The van der Waals surface area contributed by atoms with Crippen LogP contribution in [-0.4, -0.2) is 33.6 Å². The molecule has 0 aliphatic heterocycles. The van der Waals surface area contributed by atoms with E-state index < -0.39 is 12.2 Å². The van der Waals surface area contributed by atoms with Crippen LogP contribution >= 0.6 is 0 Å². The van der Waals surface area contributed by atoms with Gasteiger partial charge in [0.1, 0.15) is 0 Å². The third kappa shape index (κ3) is 1.85. The van der Waals surface area contributed by atoms with Gasteiger partial charge in [-0.3, -0.25) is 0 Å². The summed E-state index contributed by atoms with van der Waals surface area (Å²) in [4.78, 5) is 0. The lowest BCUT2D eigenvalue weighted by atomic mass is 9.44. The highest BCUT2D eigenvalue weighted by Crippen LogP contribution is 2.66. The van der Waals surface area contributed by atoms with E-state index in [-0.39, 0.29) is 22.9 Å². The minimum atomic E-state index is -0.526. The average molecular weight is 308 g/mol. The van der Waals surface area contributed by atoms with E-state index in [0.717, 1.165) is 38.0 Å². The number of hydrogen-bond acceptors (Lipinski definition) is 3. The fourth-order valence-electron chi connectivity index (χ4n) is 7.29. The van der Waals surface area contributed by atoms with Crippen LogP contribution < -0.4 is 0 Å². The predicted molar refractivity (Wildman–Crippen MR) is 85.1 cm³/mol. The van der Waals surface area contributed by atoms with Crippen LogP contribution in [0.15, 0.2) is 0 Å². The molecule has 0 amide bonds. The molecule has 0 spiro atoms. The van der Waals surface area contributed by atoms with Gasteiger partial charge in [-0.2, -0.15) is 0 Å². The second kappa shape index (κ2) is 4.94. The van der Waals surface area contributed by atoms with Crippen molar-refractivity contribution < 1.29 is 15.3 Å². The summed E-state index contributed by atoms with van der Waals surface area (Å²) in [6.07, 6.45) is 7.40. The van der Waals surface area contributed by atoms with Gasteiger partial charge in [-0.15, -0.1) is 0 Å². The summed E-state index contributed by atoms with van der Waals surface area (Å²) < 4.78 is 0. The van der Waals surface area contributed by atoms with Gasteiger partial charge in [-0.05, 0) is 85.9 Å². The van der Waals surface area contributed by atoms with Crippen molar-refractivity contribution in [2.75, 3.05) is 0 Å². The Morgan fingerprint density at radius 1 is 0.682 bits per heavy atom.